The van der Waals surface area contributed by atoms with Crippen LogP contribution >= 0.6 is 0 Å². The van der Waals surface area contributed by atoms with Crippen LogP contribution in [0.15, 0.2) is 0 Å². The molecule has 2 saturated carbocycles. The summed E-state index contributed by atoms with van der Waals surface area (Å²) in [5, 5.41) is 3.53. The van der Waals surface area contributed by atoms with Gasteiger partial charge in [-0.15, -0.1) is 0 Å². The third-order valence-corrected chi connectivity index (χ3v) is 4.40. The summed E-state index contributed by atoms with van der Waals surface area (Å²) in [6.45, 7) is 2.36. The average Bonchev–Trinajstić information content (AvgIpc) is 2.31. The summed E-state index contributed by atoms with van der Waals surface area (Å²) in [5.74, 6) is 3.09. The minimum Gasteiger partial charge on any atom is -0.316 e. The van der Waals surface area contributed by atoms with Crippen LogP contribution in [0.3, 0.4) is 0 Å². The lowest BCUT2D eigenvalue weighted by atomic mass is 9.58. The maximum absolute atomic E-state index is 3.53. The molecule has 0 aromatic heterocycles. The fourth-order valence-electron chi connectivity index (χ4n) is 3.77. The summed E-state index contributed by atoms with van der Waals surface area (Å²) in [6.07, 6.45) is 8.85. The second kappa shape index (κ2) is 4.00. The van der Waals surface area contributed by atoms with Crippen LogP contribution in [0.5, 0.6) is 0 Å². The third kappa shape index (κ3) is 1.52. The molecule has 2 aliphatic carbocycles. The molecule has 0 heterocycles. The van der Waals surface area contributed by atoms with Crippen molar-refractivity contribution in [2.75, 3.05) is 7.05 Å². The SMILES string of the molecule is CCC1C2CCCCCC2C1NC. The van der Waals surface area contributed by atoms with Crippen LogP contribution in [0.1, 0.15) is 45.4 Å². The topological polar surface area (TPSA) is 12.0 Å². The van der Waals surface area contributed by atoms with E-state index in [0.29, 0.717) is 0 Å². The number of nitrogens with one attached hydrogen (secondary N) is 1. The number of fused-ring (bicyclic) bond motifs is 1. The molecule has 2 aliphatic rings. The minimum atomic E-state index is 0.855. The van der Waals surface area contributed by atoms with Crippen molar-refractivity contribution in [1.29, 1.82) is 0 Å². The van der Waals surface area contributed by atoms with Gasteiger partial charge in [-0.05, 0) is 37.6 Å². The van der Waals surface area contributed by atoms with E-state index in [-0.39, 0.29) is 0 Å². The number of hydrogen-bond donors (Lipinski definition) is 1. The normalized spacial score (nSPS) is 44.8. The van der Waals surface area contributed by atoms with E-state index in [1.807, 2.05) is 0 Å². The second-order valence-corrected chi connectivity index (χ2v) is 4.85. The zero-order valence-corrected chi connectivity index (χ0v) is 9.05. The molecular weight excluding hydrogens is 158 g/mol. The second-order valence-electron chi connectivity index (χ2n) is 4.85. The quantitative estimate of drug-likeness (QED) is 0.690. The van der Waals surface area contributed by atoms with Crippen molar-refractivity contribution in [2.45, 2.75) is 51.5 Å². The first-order valence-corrected chi connectivity index (χ1v) is 6.05. The molecule has 0 saturated heterocycles. The maximum atomic E-state index is 3.53. The van der Waals surface area contributed by atoms with Crippen LogP contribution in [-0.4, -0.2) is 13.1 Å². The van der Waals surface area contributed by atoms with E-state index in [1.54, 1.807) is 0 Å². The lowest BCUT2D eigenvalue weighted by Crippen LogP contribution is -2.56. The Morgan fingerprint density at radius 2 is 1.77 bits per heavy atom. The largest absolute Gasteiger partial charge is 0.316 e. The van der Waals surface area contributed by atoms with Gasteiger partial charge in [-0.1, -0.05) is 32.6 Å². The average molecular weight is 181 g/mol. The molecule has 4 unspecified atom stereocenters. The Bertz CT molecular complexity index is 149. The highest BCUT2D eigenvalue weighted by Gasteiger charge is 2.47. The molecule has 0 bridgehead atoms. The molecule has 76 valence electrons. The van der Waals surface area contributed by atoms with Crippen LogP contribution in [0.4, 0.5) is 0 Å². The Balaban J connectivity index is 1.99. The molecule has 0 spiro atoms. The van der Waals surface area contributed by atoms with Crippen LogP contribution in [0.25, 0.3) is 0 Å². The van der Waals surface area contributed by atoms with Crippen LogP contribution in [0.2, 0.25) is 0 Å². The van der Waals surface area contributed by atoms with E-state index in [9.17, 15) is 0 Å². The Morgan fingerprint density at radius 3 is 2.38 bits per heavy atom. The van der Waals surface area contributed by atoms with Gasteiger partial charge in [0.1, 0.15) is 0 Å². The standard InChI is InChI=1S/C12H23N/c1-3-9-10-7-5-4-6-8-11(10)12(9)13-2/h9-13H,3-8H2,1-2H3. The Labute approximate surface area is 82.3 Å². The van der Waals surface area contributed by atoms with E-state index < -0.39 is 0 Å². The monoisotopic (exact) mass is 181 g/mol. The van der Waals surface area contributed by atoms with E-state index in [0.717, 1.165) is 23.8 Å². The van der Waals surface area contributed by atoms with Crippen molar-refractivity contribution in [2.24, 2.45) is 17.8 Å². The highest BCUT2D eigenvalue weighted by molar-refractivity contribution is 5.00. The summed E-state index contributed by atoms with van der Waals surface area (Å²) in [7, 11) is 2.15. The van der Waals surface area contributed by atoms with Gasteiger partial charge in [-0.25, -0.2) is 0 Å². The molecule has 0 amide bonds. The van der Waals surface area contributed by atoms with Crippen molar-refractivity contribution >= 4 is 0 Å². The van der Waals surface area contributed by atoms with Gasteiger partial charge in [-0.2, -0.15) is 0 Å². The zero-order chi connectivity index (χ0) is 9.26. The summed E-state index contributed by atoms with van der Waals surface area (Å²) < 4.78 is 0. The molecule has 13 heavy (non-hydrogen) atoms. The van der Waals surface area contributed by atoms with Crippen molar-refractivity contribution in [1.82, 2.24) is 5.32 Å². The number of rotatable bonds is 2. The first-order chi connectivity index (χ1) is 6.38. The first-order valence-electron chi connectivity index (χ1n) is 6.05. The predicted octanol–water partition coefficient (Wildman–Crippen LogP) is 2.81. The maximum Gasteiger partial charge on any atom is 0.0126 e. The van der Waals surface area contributed by atoms with Crippen LogP contribution in [0, 0.1) is 17.8 Å². The molecule has 0 aromatic carbocycles. The Hall–Kier alpha value is -0.0400. The highest BCUT2D eigenvalue weighted by Crippen LogP contribution is 2.49. The summed E-state index contributed by atoms with van der Waals surface area (Å²) >= 11 is 0. The van der Waals surface area contributed by atoms with Gasteiger partial charge in [-0.3, -0.25) is 0 Å². The van der Waals surface area contributed by atoms with Crippen LogP contribution in [-0.2, 0) is 0 Å². The number of hydrogen-bond acceptors (Lipinski definition) is 1. The molecule has 0 radical (unpaired) electrons. The molecule has 1 nitrogen and oxygen atoms in total. The lowest BCUT2D eigenvalue weighted by molar-refractivity contribution is 0.00863. The van der Waals surface area contributed by atoms with Crippen molar-refractivity contribution < 1.29 is 0 Å². The van der Waals surface area contributed by atoms with Gasteiger partial charge in [0.05, 0.1) is 0 Å². The van der Waals surface area contributed by atoms with Gasteiger partial charge in [0.25, 0.3) is 0 Å². The molecule has 1 heteroatoms. The zero-order valence-electron chi connectivity index (χ0n) is 9.05. The fourth-order valence-corrected chi connectivity index (χ4v) is 3.77. The lowest BCUT2D eigenvalue weighted by Gasteiger charge is -2.52. The van der Waals surface area contributed by atoms with E-state index >= 15 is 0 Å². The van der Waals surface area contributed by atoms with Gasteiger partial charge < -0.3 is 5.32 Å². The van der Waals surface area contributed by atoms with Gasteiger partial charge >= 0.3 is 0 Å². The van der Waals surface area contributed by atoms with E-state index in [1.165, 1.54) is 38.5 Å². The van der Waals surface area contributed by atoms with Crippen molar-refractivity contribution in [3.63, 3.8) is 0 Å². The van der Waals surface area contributed by atoms with Crippen molar-refractivity contribution in [3.8, 4) is 0 Å². The van der Waals surface area contributed by atoms with E-state index in [4.69, 9.17) is 0 Å². The molecule has 2 fully saturated rings. The molecule has 0 aromatic rings. The van der Waals surface area contributed by atoms with Crippen LogP contribution < -0.4 is 5.32 Å². The van der Waals surface area contributed by atoms with Crippen molar-refractivity contribution in [3.05, 3.63) is 0 Å². The smallest absolute Gasteiger partial charge is 0.0126 e. The van der Waals surface area contributed by atoms with Gasteiger partial charge in [0, 0.05) is 6.04 Å². The molecule has 1 N–H and O–H groups in total. The molecule has 2 rings (SSSR count). The predicted molar refractivity (Wildman–Crippen MR) is 56.7 cm³/mol. The molecular formula is C12H23N. The third-order valence-electron chi connectivity index (χ3n) is 4.40. The molecule has 0 aliphatic heterocycles. The Kier molecular flexibility index (Phi) is 2.92. The Morgan fingerprint density at radius 1 is 1.08 bits per heavy atom. The van der Waals surface area contributed by atoms with Gasteiger partial charge in [0.2, 0.25) is 0 Å². The van der Waals surface area contributed by atoms with Gasteiger partial charge in [0.15, 0.2) is 0 Å². The van der Waals surface area contributed by atoms with E-state index in [2.05, 4.69) is 19.3 Å². The highest BCUT2D eigenvalue weighted by atomic mass is 14.9. The summed E-state index contributed by atoms with van der Waals surface area (Å²) in [4.78, 5) is 0. The summed E-state index contributed by atoms with van der Waals surface area (Å²) in [6, 6.07) is 0.855. The first kappa shape index (κ1) is 9.51. The summed E-state index contributed by atoms with van der Waals surface area (Å²) in [5.41, 5.74) is 0. The molecule has 4 atom stereocenters. The minimum absolute atomic E-state index is 0.855. The fraction of sp³-hybridized carbons (Fsp3) is 1.00.